The van der Waals surface area contributed by atoms with Gasteiger partial charge in [0.25, 0.3) is 5.91 Å². The summed E-state index contributed by atoms with van der Waals surface area (Å²) in [4.78, 5) is 12.5. The van der Waals surface area contributed by atoms with Crippen molar-refractivity contribution in [1.82, 2.24) is 5.43 Å². The van der Waals surface area contributed by atoms with E-state index in [9.17, 15) is 4.79 Å². The van der Waals surface area contributed by atoms with Crippen LogP contribution < -0.4 is 10.2 Å². The van der Waals surface area contributed by atoms with Gasteiger partial charge < -0.3 is 4.74 Å². The molecule has 0 aliphatic rings. The van der Waals surface area contributed by atoms with Crippen LogP contribution in [0.1, 0.15) is 55.5 Å². The van der Waals surface area contributed by atoms with Gasteiger partial charge in [0, 0.05) is 0 Å². The molecule has 25 heavy (non-hydrogen) atoms. The fraction of sp³-hybridized carbons (Fsp3) is 0.333. The third-order valence-electron chi connectivity index (χ3n) is 3.76. The first kappa shape index (κ1) is 18.7. The average molecular weight is 338 g/mol. The fourth-order valence-corrected chi connectivity index (χ4v) is 2.41. The molecule has 0 fully saturated rings. The molecule has 1 N–H and O–H groups in total. The van der Waals surface area contributed by atoms with E-state index in [0.717, 1.165) is 37.0 Å². The molecule has 2 aromatic carbocycles. The molecule has 4 nitrogen and oxygen atoms in total. The van der Waals surface area contributed by atoms with Crippen molar-refractivity contribution in [3.63, 3.8) is 0 Å². The van der Waals surface area contributed by atoms with Crippen LogP contribution in [-0.4, -0.2) is 18.2 Å². The number of nitrogens with one attached hydrogen (secondary N) is 1. The zero-order valence-corrected chi connectivity index (χ0v) is 15.0. The van der Waals surface area contributed by atoms with Crippen molar-refractivity contribution in [2.24, 2.45) is 5.10 Å². The van der Waals surface area contributed by atoms with Crippen molar-refractivity contribution in [2.75, 3.05) is 6.61 Å². The lowest BCUT2D eigenvalue weighted by Gasteiger charge is -2.10. The summed E-state index contributed by atoms with van der Waals surface area (Å²) >= 11 is 0. The molecule has 4 heteroatoms. The Balaban J connectivity index is 2.15. The van der Waals surface area contributed by atoms with E-state index in [2.05, 4.69) is 17.5 Å². The number of rotatable bonds is 9. The number of hydrazone groups is 1. The Morgan fingerprint density at radius 3 is 2.44 bits per heavy atom. The molecule has 0 atom stereocenters. The summed E-state index contributed by atoms with van der Waals surface area (Å²) in [6, 6.07) is 17.2. The Bertz CT molecular complexity index is 696. The molecular formula is C21H26N2O2. The monoisotopic (exact) mass is 338 g/mol. The van der Waals surface area contributed by atoms with Crippen molar-refractivity contribution >= 4 is 11.6 Å². The molecule has 0 radical (unpaired) electrons. The van der Waals surface area contributed by atoms with Crippen molar-refractivity contribution in [2.45, 2.75) is 39.5 Å². The molecule has 0 aliphatic carbocycles. The summed E-state index contributed by atoms with van der Waals surface area (Å²) in [7, 11) is 0. The predicted octanol–water partition coefficient (Wildman–Crippen LogP) is 4.80. The maximum absolute atomic E-state index is 12.5. The fourth-order valence-electron chi connectivity index (χ4n) is 2.41. The highest BCUT2D eigenvalue weighted by Gasteiger charge is 2.12. The highest BCUT2D eigenvalue weighted by atomic mass is 16.5. The van der Waals surface area contributed by atoms with Crippen LogP contribution in [0.2, 0.25) is 0 Å². The van der Waals surface area contributed by atoms with Gasteiger partial charge in [0.15, 0.2) is 0 Å². The number of hydrogen-bond donors (Lipinski definition) is 1. The van der Waals surface area contributed by atoms with Gasteiger partial charge in [0.1, 0.15) is 5.75 Å². The van der Waals surface area contributed by atoms with Crippen LogP contribution in [-0.2, 0) is 0 Å². The highest BCUT2D eigenvalue weighted by Crippen LogP contribution is 2.18. The van der Waals surface area contributed by atoms with Gasteiger partial charge in [0.05, 0.1) is 17.9 Å². The summed E-state index contributed by atoms with van der Waals surface area (Å²) in [6.45, 7) is 4.76. The van der Waals surface area contributed by atoms with E-state index in [4.69, 9.17) is 4.74 Å². The molecule has 0 unspecified atom stereocenters. The Hall–Kier alpha value is -2.62. The Morgan fingerprint density at radius 1 is 1.00 bits per heavy atom. The predicted molar refractivity (Wildman–Crippen MR) is 102 cm³/mol. The topological polar surface area (TPSA) is 50.7 Å². The second-order valence-electron chi connectivity index (χ2n) is 5.81. The van der Waals surface area contributed by atoms with Crippen LogP contribution in [0.3, 0.4) is 0 Å². The lowest BCUT2D eigenvalue weighted by molar-refractivity contribution is 0.0950. The lowest BCUT2D eigenvalue weighted by atomic mass is 10.1. The molecule has 0 bridgehead atoms. The van der Waals surface area contributed by atoms with Crippen molar-refractivity contribution in [3.8, 4) is 5.75 Å². The van der Waals surface area contributed by atoms with Crippen LogP contribution in [0.15, 0.2) is 59.7 Å². The number of nitrogens with zero attached hydrogens (tertiary/aromatic N) is 1. The molecule has 0 spiro atoms. The molecule has 132 valence electrons. The van der Waals surface area contributed by atoms with Crippen LogP contribution in [0.5, 0.6) is 5.75 Å². The summed E-state index contributed by atoms with van der Waals surface area (Å²) in [5.41, 5.74) is 5.12. The number of carbonyl (C=O) groups excluding carboxylic acids is 1. The SMILES string of the molecule is CCCC/C(=N\NC(=O)c1ccccc1OCCC)c1ccccc1. The Kier molecular flexibility index (Phi) is 7.70. The number of hydrogen-bond acceptors (Lipinski definition) is 3. The minimum Gasteiger partial charge on any atom is -0.493 e. The molecule has 1 amide bonds. The van der Waals surface area contributed by atoms with E-state index in [1.54, 1.807) is 6.07 Å². The second kappa shape index (κ2) is 10.3. The maximum Gasteiger partial charge on any atom is 0.275 e. The number of benzene rings is 2. The van der Waals surface area contributed by atoms with Gasteiger partial charge in [-0.15, -0.1) is 0 Å². The van der Waals surface area contributed by atoms with E-state index >= 15 is 0 Å². The first-order valence-corrected chi connectivity index (χ1v) is 8.90. The molecule has 2 rings (SSSR count). The van der Waals surface area contributed by atoms with Gasteiger partial charge in [-0.3, -0.25) is 4.79 Å². The summed E-state index contributed by atoms with van der Waals surface area (Å²) in [6.07, 6.45) is 3.82. The van der Waals surface area contributed by atoms with Gasteiger partial charge in [0.2, 0.25) is 0 Å². The zero-order valence-electron chi connectivity index (χ0n) is 15.0. The number of amides is 1. The smallest absolute Gasteiger partial charge is 0.275 e. The van der Waals surface area contributed by atoms with Crippen molar-refractivity contribution in [3.05, 3.63) is 65.7 Å². The number of carbonyl (C=O) groups is 1. The van der Waals surface area contributed by atoms with Gasteiger partial charge >= 0.3 is 0 Å². The first-order valence-electron chi connectivity index (χ1n) is 8.90. The maximum atomic E-state index is 12.5. The van der Waals surface area contributed by atoms with Crippen molar-refractivity contribution < 1.29 is 9.53 Å². The molecule has 0 aromatic heterocycles. The number of ether oxygens (including phenoxy) is 1. The number of unbranched alkanes of at least 4 members (excludes halogenated alkanes) is 1. The Morgan fingerprint density at radius 2 is 1.72 bits per heavy atom. The van der Waals surface area contributed by atoms with E-state index in [0.29, 0.717) is 17.9 Å². The third kappa shape index (κ3) is 5.75. The van der Waals surface area contributed by atoms with E-state index in [-0.39, 0.29) is 5.91 Å². The third-order valence-corrected chi connectivity index (χ3v) is 3.76. The van der Waals surface area contributed by atoms with E-state index in [1.807, 2.05) is 55.5 Å². The lowest BCUT2D eigenvalue weighted by Crippen LogP contribution is -2.21. The summed E-state index contributed by atoms with van der Waals surface area (Å²) in [5, 5.41) is 4.39. The largest absolute Gasteiger partial charge is 0.493 e. The minimum absolute atomic E-state index is 0.253. The van der Waals surface area contributed by atoms with Crippen LogP contribution >= 0.6 is 0 Å². The van der Waals surface area contributed by atoms with E-state index in [1.165, 1.54) is 0 Å². The van der Waals surface area contributed by atoms with Gasteiger partial charge in [-0.2, -0.15) is 5.10 Å². The first-order chi connectivity index (χ1) is 12.3. The summed E-state index contributed by atoms with van der Waals surface area (Å²) in [5.74, 6) is 0.337. The summed E-state index contributed by atoms with van der Waals surface area (Å²) < 4.78 is 5.65. The molecule has 0 aliphatic heterocycles. The molecular weight excluding hydrogens is 312 g/mol. The van der Waals surface area contributed by atoms with Gasteiger partial charge in [-0.25, -0.2) is 5.43 Å². The molecule has 0 heterocycles. The van der Waals surface area contributed by atoms with Crippen LogP contribution in [0.25, 0.3) is 0 Å². The minimum atomic E-state index is -0.253. The van der Waals surface area contributed by atoms with Crippen molar-refractivity contribution in [1.29, 1.82) is 0 Å². The number of para-hydroxylation sites is 1. The van der Waals surface area contributed by atoms with Crippen LogP contribution in [0.4, 0.5) is 0 Å². The van der Waals surface area contributed by atoms with E-state index < -0.39 is 0 Å². The zero-order chi connectivity index (χ0) is 17.9. The second-order valence-corrected chi connectivity index (χ2v) is 5.81. The highest BCUT2D eigenvalue weighted by molar-refractivity contribution is 6.02. The van der Waals surface area contributed by atoms with Crippen LogP contribution in [0, 0.1) is 0 Å². The average Bonchev–Trinajstić information content (AvgIpc) is 2.67. The van der Waals surface area contributed by atoms with Gasteiger partial charge in [-0.1, -0.05) is 62.7 Å². The normalized spacial score (nSPS) is 11.2. The molecule has 0 saturated heterocycles. The molecule has 0 saturated carbocycles. The quantitative estimate of drug-likeness (QED) is 0.527. The Labute approximate surface area is 149 Å². The molecule has 2 aromatic rings. The standard InChI is InChI=1S/C21H26N2O2/c1-3-5-14-19(17-11-7-6-8-12-17)22-23-21(24)18-13-9-10-15-20(18)25-16-4-2/h6-13,15H,3-5,14,16H2,1-2H3,(H,23,24)/b22-19+. The van der Waals surface area contributed by atoms with Gasteiger partial charge in [-0.05, 0) is 37.0 Å².